The molecule has 0 fully saturated rings. The lowest BCUT2D eigenvalue weighted by molar-refractivity contribution is -0.137. The van der Waals surface area contributed by atoms with Crippen molar-refractivity contribution in [2.75, 3.05) is 18.7 Å². The molecule has 7 nitrogen and oxygen atoms in total. The Balaban J connectivity index is 1.60. The fourth-order valence-electron chi connectivity index (χ4n) is 2.63. The molecule has 0 saturated carbocycles. The summed E-state index contributed by atoms with van der Waals surface area (Å²) in [7, 11) is 0. The number of alkyl halides is 3. The van der Waals surface area contributed by atoms with E-state index in [1.54, 1.807) is 18.2 Å². The Labute approximate surface area is 163 Å². The van der Waals surface area contributed by atoms with Gasteiger partial charge in [-0.25, -0.2) is 0 Å². The molecule has 0 spiro atoms. The molecule has 1 aliphatic heterocycles. The largest absolute Gasteiger partial charge is 0.454 e. The molecule has 1 aliphatic rings. The number of benzene rings is 2. The minimum atomic E-state index is -4.58. The Morgan fingerprint density at radius 2 is 1.76 bits per heavy atom. The lowest BCUT2D eigenvalue weighted by atomic mass is 9.95. The number of amides is 2. The predicted molar refractivity (Wildman–Crippen MR) is 95.2 cm³/mol. The van der Waals surface area contributed by atoms with Crippen LogP contribution in [0.5, 0.6) is 11.5 Å². The number of rotatable bonds is 4. The number of nitrogens with one attached hydrogen (secondary N) is 2. The SMILES string of the molecule is C[C@@](O)(CNC(=O)C(=O)Nc1cccc(C(F)(F)F)c1)c1ccc2c(c1)OCO2. The number of fused-ring (bicyclic) bond motifs is 1. The normalized spacial score (nSPS) is 14.8. The molecule has 2 amide bonds. The van der Waals surface area contributed by atoms with Gasteiger partial charge in [-0.2, -0.15) is 13.2 Å². The number of hydrogen-bond donors (Lipinski definition) is 3. The highest BCUT2D eigenvalue weighted by Gasteiger charge is 2.31. The fraction of sp³-hybridized carbons (Fsp3) is 0.263. The summed E-state index contributed by atoms with van der Waals surface area (Å²) in [6.45, 7) is 1.17. The highest BCUT2D eigenvalue weighted by Crippen LogP contribution is 2.35. The first-order valence-corrected chi connectivity index (χ1v) is 8.45. The third kappa shape index (κ3) is 4.77. The molecule has 0 saturated heterocycles. The minimum Gasteiger partial charge on any atom is -0.454 e. The second-order valence-corrected chi connectivity index (χ2v) is 6.56. The van der Waals surface area contributed by atoms with Gasteiger partial charge in [0.2, 0.25) is 6.79 Å². The predicted octanol–water partition coefficient (Wildman–Crippen LogP) is 2.40. The van der Waals surface area contributed by atoms with E-state index in [1.807, 2.05) is 0 Å². The zero-order valence-electron chi connectivity index (χ0n) is 15.2. The Morgan fingerprint density at radius 1 is 1.03 bits per heavy atom. The number of aliphatic hydroxyl groups is 1. The average Bonchev–Trinajstić information content (AvgIpc) is 3.13. The van der Waals surface area contributed by atoms with Crippen molar-refractivity contribution >= 4 is 17.5 Å². The smallest absolute Gasteiger partial charge is 0.416 e. The van der Waals surface area contributed by atoms with Gasteiger partial charge in [0, 0.05) is 5.69 Å². The summed E-state index contributed by atoms with van der Waals surface area (Å²) in [5, 5.41) is 14.9. The van der Waals surface area contributed by atoms with Crippen LogP contribution in [-0.4, -0.2) is 30.3 Å². The zero-order valence-corrected chi connectivity index (χ0v) is 15.2. The summed E-state index contributed by atoms with van der Waals surface area (Å²) in [4.78, 5) is 24.0. The molecule has 10 heteroatoms. The van der Waals surface area contributed by atoms with E-state index in [0.29, 0.717) is 23.1 Å². The summed E-state index contributed by atoms with van der Waals surface area (Å²) in [6, 6.07) is 8.64. The van der Waals surface area contributed by atoms with Gasteiger partial charge < -0.3 is 25.2 Å². The number of hydrogen-bond acceptors (Lipinski definition) is 5. The van der Waals surface area contributed by atoms with E-state index in [9.17, 15) is 27.9 Å². The summed E-state index contributed by atoms with van der Waals surface area (Å²) >= 11 is 0. The van der Waals surface area contributed by atoms with Gasteiger partial charge in [-0.05, 0) is 42.8 Å². The lowest BCUT2D eigenvalue weighted by Gasteiger charge is -2.24. The minimum absolute atomic E-state index is 0.0629. The molecule has 0 aromatic heterocycles. The number of anilines is 1. The van der Waals surface area contributed by atoms with Crippen molar-refractivity contribution in [1.82, 2.24) is 5.32 Å². The van der Waals surface area contributed by atoms with Crippen LogP contribution in [0.25, 0.3) is 0 Å². The molecule has 0 radical (unpaired) electrons. The monoisotopic (exact) mass is 410 g/mol. The van der Waals surface area contributed by atoms with Gasteiger partial charge in [0.25, 0.3) is 0 Å². The van der Waals surface area contributed by atoms with Crippen molar-refractivity contribution in [1.29, 1.82) is 0 Å². The molecule has 1 atom stereocenters. The number of carbonyl (C=O) groups is 2. The summed E-state index contributed by atoms with van der Waals surface area (Å²) < 4.78 is 48.6. The van der Waals surface area contributed by atoms with Crippen LogP contribution in [0, 0.1) is 0 Å². The molecular formula is C19H17F3N2O5. The van der Waals surface area contributed by atoms with Gasteiger partial charge in [-0.15, -0.1) is 0 Å². The maximum atomic E-state index is 12.7. The molecular weight excluding hydrogens is 393 g/mol. The van der Waals surface area contributed by atoms with Crippen molar-refractivity contribution in [3.63, 3.8) is 0 Å². The Morgan fingerprint density at radius 3 is 2.48 bits per heavy atom. The number of ether oxygens (including phenoxy) is 2. The van der Waals surface area contributed by atoms with E-state index in [0.717, 1.165) is 12.1 Å². The number of carbonyl (C=O) groups excluding carboxylic acids is 2. The molecule has 0 bridgehead atoms. The highest BCUT2D eigenvalue weighted by atomic mass is 19.4. The molecule has 154 valence electrons. The van der Waals surface area contributed by atoms with Crippen LogP contribution in [0.4, 0.5) is 18.9 Å². The van der Waals surface area contributed by atoms with E-state index in [2.05, 4.69) is 10.6 Å². The van der Waals surface area contributed by atoms with Crippen molar-refractivity contribution in [2.45, 2.75) is 18.7 Å². The molecule has 29 heavy (non-hydrogen) atoms. The van der Waals surface area contributed by atoms with Crippen molar-refractivity contribution in [2.24, 2.45) is 0 Å². The molecule has 3 N–H and O–H groups in total. The first-order valence-electron chi connectivity index (χ1n) is 8.45. The zero-order chi connectivity index (χ0) is 21.2. The standard InChI is InChI=1S/C19H17F3N2O5/c1-18(27,11-5-6-14-15(8-11)29-10-28-14)9-23-16(25)17(26)24-13-4-2-3-12(7-13)19(20,21)22/h2-8,27H,9-10H2,1H3,(H,23,25)(H,24,26)/t18-/m1/s1. The molecule has 2 aromatic carbocycles. The van der Waals surface area contributed by atoms with Crippen molar-refractivity contribution < 1.29 is 37.3 Å². The Kier molecular flexibility index (Phi) is 5.38. The highest BCUT2D eigenvalue weighted by molar-refractivity contribution is 6.39. The van der Waals surface area contributed by atoms with Crippen LogP contribution < -0.4 is 20.1 Å². The third-order valence-electron chi connectivity index (χ3n) is 4.24. The summed E-state index contributed by atoms with van der Waals surface area (Å²) in [5.41, 5.74) is -2.25. The third-order valence-corrected chi connectivity index (χ3v) is 4.24. The van der Waals surface area contributed by atoms with E-state index < -0.39 is 29.2 Å². The van der Waals surface area contributed by atoms with Gasteiger partial charge in [0.05, 0.1) is 12.1 Å². The summed E-state index contributed by atoms with van der Waals surface area (Å²) in [6.07, 6.45) is -4.58. The number of halogens is 3. The summed E-state index contributed by atoms with van der Waals surface area (Å²) in [5.74, 6) is -1.31. The maximum Gasteiger partial charge on any atom is 0.416 e. The Hall–Kier alpha value is -3.27. The van der Waals surface area contributed by atoms with E-state index >= 15 is 0 Å². The van der Waals surface area contributed by atoms with Crippen LogP contribution in [0.1, 0.15) is 18.1 Å². The van der Waals surface area contributed by atoms with Crippen LogP contribution in [-0.2, 0) is 21.4 Å². The second-order valence-electron chi connectivity index (χ2n) is 6.56. The van der Waals surface area contributed by atoms with Crippen LogP contribution in [0.15, 0.2) is 42.5 Å². The van der Waals surface area contributed by atoms with Gasteiger partial charge in [0.15, 0.2) is 11.5 Å². The van der Waals surface area contributed by atoms with Crippen LogP contribution in [0.2, 0.25) is 0 Å². The topological polar surface area (TPSA) is 96.9 Å². The Bertz CT molecular complexity index is 944. The first kappa shape index (κ1) is 20.5. The molecule has 2 aromatic rings. The van der Waals surface area contributed by atoms with E-state index in [4.69, 9.17) is 9.47 Å². The second kappa shape index (κ2) is 7.63. The molecule has 3 rings (SSSR count). The van der Waals surface area contributed by atoms with Gasteiger partial charge >= 0.3 is 18.0 Å². The van der Waals surface area contributed by atoms with Crippen molar-refractivity contribution in [3.05, 3.63) is 53.6 Å². The van der Waals surface area contributed by atoms with Crippen molar-refractivity contribution in [3.8, 4) is 11.5 Å². The quantitative estimate of drug-likeness (QED) is 0.673. The molecule has 1 heterocycles. The maximum absolute atomic E-state index is 12.7. The molecule has 0 unspecified atom stereocenters. The average molecular weight is 410 g/mol. The lowest BCUT2D eigenvalue weighted by Crippen LogP contribution is -2.43. The van der Waals surface area contributed by atoms with Crippen LogP contribution >= 0.6 is 0 Å². The fourth-order valence-corrected chi connectivity index (χ4v) is 2.63. The van der Waals surface area contributed by atoms with E-state index in [-0.39, 0.29) is 19.0 Å². The van der Waals surface area contributed by atoms with E-state index in [1.165, 1.54) is 13.0 Å². The van der Waals surface area contributed by atoms with Gasteiger partial charge in [-0.1, -0.05) is 12.1 Å². The van der Waals surface area contributed by atoms with Crippen LogP contribution in [0.3, 0.4) is 0 Å². The van der Waals surface area contributed by atoms with Gasteiger partial charge in [0.1, 0.15) is 5.60 Å². The van der Waals surface area contributed by atoms with Gasteiger partial charge in [-0.3, -0.25) is 9.59 Å². The first-order chi connectivity index (χ1) is 13.6. The molecule has 0 aliphatic carbocycles.